The SMILES string of the molecule is CCNC(=O)[C@H]1O[C@@H](n2cnc3c(N)nc(C#Cc4cccc(C=O)c4)nc32)[C@H](O)[C@@H]1O. The van der Waals surface area contributed by atoms with Crippen LogP contribution < -0.4 is 11.1 Å². The van der Waals surface area contributed by atoms with Gasteiger partial charge in [-0.2, -0.15) is 0 Å². The maximum atomic E-state index is 12.1. The Labute approximate surface area is 182 Å². The summed E-state index contributed by atoms with van der Waals surface area (Å²) >= 11 is 0. The molecule has 3 aromatic rings. The first-order chi connectivity index (χ1) is 15.4. The summed E-state index contributed by atoms with van der Waals surface area (Å²) in [5.41, 5.74) is 7.55. The zero-order valence-electron chi connectivity index (χ0n) is 17.0. The number of nitrogen functional groups attached to an aromatic ring is 1. The Balaban J connectivity index is 1.69. The minimum atomic E-state index is -1.44. The van der Waals surface area contributed by atoms with E-state index in [2.05, 4.69) is 32.1 Å². The number of hydrogen-bond acceptors (Lipinski definition) is 9. The molecule has 11 heteroatoms. The predicted molar refractivity (Wildman–Crippen MR) is 112 cm³/mol. The first-order valence-corrected chi connectivity index (χ1v) is 9.79. The highest BCUT2D eigenvalue weighted by Crippen LogP contribution is 2.32. The summed E-state index contributed by atoms with van der Waals surface area (Å²) in [6, 6.07) is 6.72. The number of carbonyl (C=O) groups excluding carboxylic acids is 2. The van der Waals surface area contributed by atoms with Gasteiger partial charge in [-0.1, -0.05) is 18.1 Å². The highest BCUT2D eigenvalue weighted by atomic mass is 16.6. The lowest BCUT2D eigenvalue weighted by atomic mass is 10.1. The molecule has 1 fully saturated rings. The van der Waals surface area contributed by atoms with Gasteiger partial charge in [-0.25, -0.2) is 15.0 Å². The fraction of sp³-hybridized carbons (Fsp3) is 0.286. The average molecular weight is 436 g/mol. The van der Waals surface area contributed by atoms with Crippen LogP contribution in [0.5, 0.6) is 0 Å². The fourth-order valence-corrected chi connectivity index (χ4v) is 3.38. The van der Waals surface area contributed by atoms with E-state index in [1.807, 2.05) is 0 Å². The number of amides is 1. The number of imidazole rings is 1. The zero-order valence-corrected chi connectivity index (χ0v) is 17.0. The third-order valence-electron chi connectivity index (χ3n) is 4.91. The largest absolute Gasteiger partial charge is 0.387 e. The lowest BCUT2D eigenvalue weighted by Crippen LogP contribution is -2.42. The van der Waals surface area contributed by atoms with E-state index in [1.165, 1.54) is 10.9 Å². The van der Waals surface area contributed by atoms with Crippen molar-refractivity contribution in [1.82, 2.24) is 24.8 Å². The van der Waals surface area contributed by atoms with Crippen molar-refractivity contribution in [2.24, 2.45) is 0 Å². The number of aliphatic hydroxyl groups is 2. The summed E-state index contributed by atoms with van der Waals surface area (Å²) in [4.78, 5) is 35.7. The molecular weight excluding hydrogens is 416 g/mol. The minimum absolute atomic E-state index is 0.0630. The van der Waals surface area contributed by atoms with Crippen LogP contribution in [-0.2, 0) is 9.53 Å². The molecule has 1 amide bonds. The number of hydrogen-bond donors (Lipinski definition) is 4. The Morgan fingerprint density at radius 3 is 2.88 bits per heavy atom. The first-order valence-electron chi connectivity index (χ1n) is 9.79. The van der Waals surface area contributed by atoms with Gasteiger partial charge < -0.3 is 26.0 Å². The Morgan fingerprint density at radius 1 is 1.31 bits per heavy atom. The van der Waals surface area contributed by atoms with Gasteiger partial charge in [0.05, 0.1) is 6.33 Å². The van der Waals surface area contributed by atoms with Gasteiger partial charge in [0.15, 0.2) is 23.8 Å². The molecule has 0 saturated carbocycles. The van der Waals surface area contributed by atoms with E-state index in [1.54, 1.807) is 31.2 Å². The molecule has 1 aliphatic rings. The molecule has 4 rings (SSSR count). The van der Waals surface area contributed by atoms with Crippen molar-refractivity contribution in [2.75, 3.05) is 12.3 Å². The number of anilines is 1. The molecular formula is C21H20N6O5. The summed E-state index contributed by atoms with van der Waals surface area (Å²) in [6.07, 6.45) is -3.16. The van der Waals surface area contributed by atoms with E-state index in [0.717, 1.165) is 6.29 Å². The molecule has 0 spiro atoms. The fourth-order valence-electron chi connectivity index (χ4n) is 3.38. The van der Waals surface area contributed by atoms with Crippen LogP contribution in [-0.4, -0.2) is 66.8 Å². The monoisotopic (exact) mass is 436 g/mol. The van der Waals surface area contributed by atoms with E-state index in [0.29, 0.717) is 17.7 Å². The third-order valence-corrected chi connectivity index (χ3v) is 4.91. The van der Waals surface area contributed by atoms with E-state index in [-0.39, 0.29) is 22.8 Å². The van der Waals surface area contributed by atoms with Gasteiger partial charge in [0, 0.05) is 17.7 Å². The van der Waals surface area contributed by atoms with Crippen LogP contribution in [0, 0.1) is 11.8 Å². The smallest absolute Gasteiger partial charge is 0.252 e. The number of carbonyl (C=O) groups is 2. The number of benzene rings is 1. The van der Waals surface area contributed by atoms with Crippen LogP contribution in [0.3, 0.4) is 0 Å². The highest BCUT2D eigenvalue weighted by molar-refractivity contribution is 5.83. The molecule has 0 unspecified atom stereocenters. The van der Waals surface area contributed by atoms with Crippen molar-refractivity contribution in [3.05, 3.63) is 47.5 Å². The first kappa shape index (κ1) is 21.4. The van der Waals surface area contributed by atoms with Crippen molar-refractivity contribution in [3.8, 4) is 11.8 Å². The van der Waals surface area contributed by atoms with Crippen molar-refractivity contribution < 1.29 is 24.5 Å². The third kappa shape index (κ3) is 3.90. The molecule has 0 aliphatic carbocycles. The number of rotatable bonds is 4. The molecule has 1 aliphatic heterocycles. The van der Waals surface area contributed by atoms with Gasteiger partial charge in [0.2, 0.25) is 5.82 Å². The zero-order chi connectivity index (χ0) is 22.8. The maximum Gasteiger partial charge on any atom is 0.252 e. The van der Waals surface area contributed by atoms with Gasteiger partial charge in [-0.3, -0.25) is 14.2 Å². The van der Waals surface area contributed by atoms with Gasteiger partial charge in [-0.05, 0) is 25.0 Å². The summed E-state index contributed by atoms with van der Waals surface area (Å²) in [5.74, 6) is 5.27. The number of aldehydes is 1. The topological polar surface area (TPSA) is 165 Å². The lowest BCUT2D eigenvalue weighted by Gasteiger charge is -2.16. The van der Waals surface area contributed by atoms with Crippen molar-refractivity contribution in [2.45, 2.75) is 31.5 Å². The van der Waals surface area contributed by atoms with Crippen LogP contribution in [0.25, 0.3) is 11.2 Å². The highest BCUT2D eigenvalue weighted by Gasteiger charge is 2.47. The van der Waals surface area contributed by atoms with Gasteiger partial charge in [0.25, 0.3) is 5.91 Å². The molecule has 1 saturated heterocycles. The molecule has 3 heterocycles. The summed E-state index contributed by atoms with van der Waals surface area (Å²) in [7, 11) is 0. The number of fused-ring (bicyclic) bond motifs is 1. The standard InChI is InChI=1S/C21H20N6O5/c1-2-23-20(31)17-15(29)16(30)21(32-17)27-10-24-14-18(22)25-13(26-19(14)27)7-6-11-4-3-5-12(8-11)9-28/h3-5,8-10,15-17,21,29-30H,2H2,1H3,(H,23,31)(H2,22,25,26)/t15-,16+,17-,21+/m0/s1. The number of nitrogens with zero attached hydrogens (tertiary/aromatic N) is 4. The van der Waals surface area contributed by atoms with Crippen LogP contribution in [0.1, 0.15) is 34.9 Å². The molecule has 1 aromatic carbocycles. The molecule has 32 heavy (non-hydrogen) atoms. The molecule has 2 aromatic heterocycles. The number of nitrogens with two attached hydrogens (primary N) is 1. The van der Waals surface area contributed by atoms with Crippen molar-refractivity contribution >= 4 is 29.2 Å². The van der Waals surface area contributed by atoms with E-state index >= 15 is 0 Å². The summed E-state index contributed by atoms with van der Waals surface area (Å²) in [6.45, 7) is 2.08. The number of nitrogens with one attached hydrogen (secondary N) is 1. The van der Waals surface area contributed by atoms with Crippen LogP contribution >= 0.6 is 0 Å². The van der Waals surface area contributed by atoms with E-state index in [4.69, 9.17) is 10.5 Å². The molecule has 164 valence electrons. The van der Waals surface area contributed by atoms with Crippen LogP contribution in [0.4, 0.5) is 5.82 Å². The molecule has 4 atom stereocenters. The van der Waals surface area contributed by atoms with Gasteiger partial charge in [-0.15, -0.1) is 0 Å². The second kappa shape index (κ2) is 8.72. The number of ether oxygens (including phenoxy) is 1. The van der Waals surface area contributed by atoms with E-state index in [9.17, 15) is 19.8 Å². The summed E-state index contributed by atoms with van der Waals surface area (Å²) in [5, 5.41) is 23.3. The quantitative estimate of drug-likeness (QED) is 0.308. The van der Waals surface area contributed by atoms with Crippen LogP contribution in [0.15, 0.2) is 30.6 Å². The van der Waals surface area contributed by atoms with E-state index < -0.39 is 30.4 Å². The Bertz CT molecular complexity index is 1250. The number of likely N-dealkylation sites (N-methyl/N-ethyl adjacent to an activating group) is 1. The maximum absolute atomic E-state index is 12.1. The Morgan fingerprint density at radius 2 is 2.12 bits per heavy atom. The number of aliphatic hydroxyl groups excluding tert-OH is 2. The normalized spacial score (nSPS) is 22.3. The van der Waals surface area contributed by atoms with Gasteiger partial charge in [0.1, 0.15) is 24.0 Å². The molecule has 11 nitrogen and oxygen atoms in total. The minimum Gasteiger partial charge on any atom is -0.387 e. The molecule has 0 bridgehead atoms. The number of aromatic nitrogens is 4. The predicted octanol–water partition coefficient (Wildman–Crippen LogP) is -0.624. The Hall–Kier alpha value is -3.85. The second-order valence-electron chi connectivity index (χ2n) is 7.07. The Kier molecular flexibility index (Phi) is 5.83. The van der Waals surface area contributed by atoms with Crippen molar-refractivity contribution in [3.63, 3.8) is 0 Å². The average Bonchev–Trinajstić information content (AvgIpc) is 3.34. The molecule has 5 N–H and O–H groups in total. The van der Waals surface area contributed by atoms with Gasteiger partial charge >= 0.3 is 0 Å². The lowest BCUT2D eigenvalue weighted by molar-refractivity contribution is -0.137. The second-order valence-corrected chi connectivity index (χ2v) is 7.07. The van der Waals surface area contributed by atoms with Crippen LogP contribution in [0.2, 0.25) is 0 Å². The van der Waals surface area contributed by atoms with Crippen molar-refractivity contribution in [1.29, 1.82) is 0 Å². The molecule has 0 radical (unpaired) electrons. The summed E-state index contributed by atoms with van der Waals surface area (Å²) < 4.78 is 7.00.